The number of nitriles is 1. The van der Waals surface area contributed by atoms with Gasteiger partial charge >= 0.3 is 0 Å². The lowest BCUT2D eigenvalue weighted by Crippen LogP contribution is -2.07. The van der Waals surface area contributed by atoms with Crippen molar-refractivity contribution in [3.63, 3.8) is 0 Å². The summed E-state index contributed by atoms with van der Waals surface area (Å²) in [5, 5.41) is 8.82. The molecule has 2 aromatic rings. The van der Waals surface area contributed by atoms with Gasteiger partial charge in [-0.15, -0.1) is 0 Å². The number of hydrogen-bond donors (Lipinski definition) is 0. The summed E-state index contributed by atoms with van der Waals surface area (Å²) >= 11 is 0. The number of ether oxygens (including phenoxy) is 1. The Morgan fingerprint density at radius 1 is 1.06 bits per heavy atom. The van der Waals surface area contributed by atoms with Gasteiger partial charge in [-0.05, 0) is 17.7 Å². The molecule has 2 aromatic carbocycles. The average molecular weight is 241 g/mol. The van der Waals surface area contributed by atoms with E-state index in [4.69, 9.17) is 10.00 Å². The molecule has 0 aliphatic rings. The molecule has 0 aliphatic carbocycles. The van der Waals surface area contributed by atoms with Gasteiger partial charge in [0.05, 0.1) is 12.5 Å². The van der Waals surface area contributed by atoms with Gasteiger partial charge < -0.3 is 4.74 Å². The van der Waals surface area contributed by atoms with E-state index >= 15 is 0 Å². The smallest absolute Gasteiger partial charge is 0.165 e. The number of rotatable bonds is 4. The third kappa shape index (κ3) is 2.86. The van der Waals surface area contributed by atoms with Crippen LogP contribution < -0.4 is 4.74 Å². The topological polar surface area (TPSA) is 33.0 Å². The molecule has 0 aromatic heterocycles. The summed E-state index contributed by atoms with van der Waals surface area (Å²) in [6.07, 6.45) is -0.272. The highest BCUT2D eigenvalue weighted by Crippen LogP contribution is 2.26. The summed E-state index contributed by atoms with van der Waals surface area (Å²) in [7, 11) is 0. The zero-order chi connectivity index (χ0) is 12.8. The molecular weight excluding hydrogens is 229 g/mol. The van der Waals surface area contributed by atoms with Gasteiger partial charge in [0.2, 0.25) is 0 Å². The van der Waals surface area contributed by atoms with Gasteiger partial charge in [-0.3, -0.25) is 0 Å². The van der Waals surface area contributed by atoms with Crippen LogP contribution in [0, 0.1) is 17.1 Å². The number of nitrogens with zero attached hydrogens (tertiary/aromatic N) is 1. The van der Waals surface area contributed by atoms with Gasteiger partial charge in [0.25, 0.3) is 0 Å². The summed E-state index contributed by atoms with van der Waals surface area (Å²) in [6.45, 7) is 0. The zero-order valence-corrected chi connectivity index (χ0v) is 9.71. The van der Waals surface area contributed by atoms with E-state index in [-0.39, 0.29) is 12.2 Å². The van der Waals surface area contributed by atoms with Crippen molar-refractivity contribution < 1.29 is 9.13 Å². The van der Waals surface area contributed by atoms with E-state index in [1.807, 2.05) is 30.3 Å². The van der Waals surface area contributed by atoms with E-state index in [0.717, 1.165) is 5.56 Å². The van der Waals surface area contributed by atoms with Gasteiger partial charge in [-0.2, -0.15) is 5.26 Å². The molecule has 1 unspecified atom stereocenters. The summed E-state index contributed by atoms with van der Waals surface area (Å²) in [4.78, 5) is 0. The highest BCUT2D eigenvalue weighted by Gasteiger charge is 2.14. The van der Waals surface area contributed by atoms with Crippen LogP contribution in [0.3, 0.4) is 0 Å². The third-order valence-corrected chi connectivity index (χ3v) is 2.55. The molecule has 0 bridgehead atoms. The molecule has 1 atom stereocenters. The lowest BCUT2D eigenvalue weighted by atomic mass is 10.1. The van der Waals surface area contributed by atoms with E-state index < -0.39 is 11.9 Å². The Labute approximate surface area is 105 Å². The molecule has 0 saturated heterocycles. The first-order chi connectivity index (χ1) is 8.81. The number of benzene rings is 2. The maximum atomic E-state index is 13.5. The van der Waals surface area contributed by atoms with Crippen LogP contribution >= 0.6 is 0 Å². The SMILES string of the molecule is N#CCC(Oc1ccccc1F)c1ccccc1. The zero-order valence-electron chi connectivity index (χ0n) is 9.71. The molecule has 0 amide bonds. The quantitative estimate of drug-likeness (QED) is 0.814. The highest BCUT2D eigenvalue weighted by atomic mass is 19.1. The minimum Gasteiger partial charge on any atom is -0.482 e. The van der Waals surface area contributed by atoms with Gasteiger partial charge in [0.15, 0.2) is 11.6 Å². The Bertz CT molecular complexity index is 548. The van der Waals surface area contributed by atoms with Crippen LogP contribution in [0.4, 0.5) is 4.39 Å². The van der Waals surface area contributed by atoms with E-state index in [9.17, 15) is 4.39 Å². The van der Waals surface area contributed by atoms with Crippen molar-refractivity contribution >= 4 is 0 Å². The molecule has 0 N–H and O–H groups in total. The van der Waals surface area contributed by atoms with E-state index in [2.05, 4.69) is 6.07 Å². The maximum Gasteiger partial charge on any atom is 0.165 e. The Hall–Kier alpha value is -2.34. The minimum absolute atomic E-state index is 0.168. The monoisotopic (exact) mass is 241 g/mol. The van der Waals surface area contributed by atoms with Gasteiger partial charge in [0.1, 0.15) is 6.10 Å². The van der Waals surface area contributed by atoms with Gasteiger partial charge in [-0.1, -0.05) is 42.5 Å². The molecule has 18 heavy (non-hydrogen) atoms. The number of para-hydroxylation sites is 1. The van der Waals surface area contributed by atoms with Crippen molar-refractivity contribution in [1.29, 1.82) is 5.26 Å². The van der Waals surface area contributed by atoms with Crippen LogP contribution in [0.5, 0.6) is 5.75 Å². The Kier molecular flexibility index (Phi) is 3.93. The number of halogens is 1. The second-order valence-electron chi connectivity index (χ2n) is 3.81. The standard InChI is InChI=1S/C15H12FNO/c16-13-8-4-5-9-15(13)18-14(10-11-17)12-6-2-1-3-7-12/h1-9,14H,10H2. The first-order valence-corrected chi connectivity index (χ1v) is 5.64. The molecule has 0 heterocycles. The van der Waals surface area contributed by atoms with Crippen molar-refractivity contribution in [3.05, 3.63) is 66.0 Å². The Morgan fingerprint density at radius 3 is 2.39 bits per heavy atom. The van der Waals surface area contributed by atoms with Crippen LogP contribution in [-0.4, -0.2) is 0 Å². The number of hydrogen-bond acceptors (Lipinski definition) is 2. The van der Waals surface area contributed by atoms with Crippen LogP contribution in [0.15, 0.2) is 54.6 Å². The van der Waals surface area contributed by atoms with Crippen LogP contribution in [0.2, 0.25) is 0 Å². The largest absolute Gasteiger partial charge is 0.482 e. The maximum absolute atomic E-state index is 13.5. The summed E-state index contributed by atoms with van der Waals surface area (Å²) in [5.41, 5.74) is 0.863. The summed E-state index contributed by atoms with van der Waals surface area (Å²) in [5.74, 6) is -0.252. The van der Waals surface area contributed by atoms with Crippen molar-refractivity contribution in [2.45, 2.75) is 12.5 Å². The van der Waals surface area contributed by atoms with E-state index in [1.54, 1.807) is 18.2 Å². The molecule has 0 spiro atoms. The highest BCUT2D eigenvalue weighted by molar-refractivity contribution is 5.26. The first-order valence-electron chi connectivity index (χ1n) is 5.64. The van der Waals surface area contributed by atoms with Gasteiger partial charge in [0, 0.05) is 0 Å². The summed E-state index contributed by atoms with van der Waals surface area (Å²) in [6, 6.07) is 17.6. The van der Waals surface area contributed by atoms with Crippen molar-refractivity contribution in [3.8, 4) is 11.8 Å². The normalized spacial score (nSPS) is 11.6. The minimum atomic E-state index is -0.451. The van der Waals surface area contributed by atoms with E-state index in [1.165, 1.54) is 6.07 Å². The predicted molar refractivity (Wildman–Crippen MR) is 66.4 cm³/mol. The van der Waals surface area contributed by atoms with Crippen LogP contribution in [0.25, 0.3) is 0 Å². The second kappa shape index (κ2) is 5.83. The Morgan fingerprint density at radius 2 is 1.72 bits per heavy atom. The van der Waals surface area contributed by atoms with Crippen molar-refractivity contribution in [1.82, 2.24) is 0 Å². The lowest BCUT2D eigenvalue weighted by Gasteiger charge is -2.17. The van der Waals surface area contributed by atoms with Gasteiger partial charge in [-0.25, -0.2) is 4.39 Å². The molecule has 3 heteroatoms. The van der Waals surface area contributed by atoms with Crippen molar-refractivity contribution in [2.75, 3.05) is 0 Å². The molecular formula is C15H12FNO. The lowest BCUT2D eigenvalue weighted by molar-refractivity contribution is 0.201. The van der Waals surface area contributed by atoms with Crippen LogP contribution in [0.1, 0.15) is 18.1 Å². The predicted octanol–water partition coefficient (Wildman–Crippen LogP) is 3.86. The average Bonchev–Trinajstić information content (AvgIpc) is 2.42. The molecule has 2 nitrogen and oxygen atoms in total. The fourth-order valence-corrected chi connectivity index (χ4v) is 1.67. The molecule has 2 rings (SSSR count). The molecule has 90 valence electrons. The first kappa shape index (κ1) is 12.1. The van der Waals surface area contributed by atoms with E-state index in [0.29, 0.717) is 0 Å². The Balaban J connectivity index is 2.23. The molecule has 0 saturated carbocycles. The fraction of sp³-hybridized carbons (Fsp3) is 0.133. The summed E-state index contributed by atoms with van der Waals surface area (Å²) < 4.78 is 19.1. The second-order valence-corrected chi connectivity index (χ2v) is 3.81. The fourth-order valence-electron chi connectivity index (χ4n) is 1.67. The molecule has 0 radical (unpaired) electrons. The van der Waals surface area contributed by atoms with Crippen LogP contribution in [-0.2, 0) is 0 Å². The molecule has 0 aliphatic heterocycles. The molecule has 0 fully saturated rings. The third-order valence-electron chi connectivity index (χ3n) is 2.55. The van der Waals surface area contributed by atoms with Crippen molar-refractivity contribution in [2.24, 2.45) is 0 Å².